The maximum atomic E-state index is 5.01. The van der Waals surface area contributed by atoms with E-state index in [9.17, 15) is 0 Å². The summed E-state index contributed by atoms with van der Waals surface area (Å²) in [6.07, 6.45) is 0. The van der Waals surface area contributed by atoms with Crippen molar-refractivity contribution in [1.82, 2.24) is 4.98 Å². The van der Waals surface area contributed by atoms with Gasteiger partial charge in [-0.25, -0.2) is 4.98 Å². The summed E-state index contributed by atoms with van der Waals surface area (Å²) in [7, 11) is 0. The number of thiophene rings is 1. The van der Waals surface area contributed by atoms with E-state index in [2.05, 4.69) is 223 Å². The van der Waals surface area contributed by atoms with Crippen molar-refractivity contribution in [2.24, 2.45) is 0 Å². The Kier molecular flexibility index (Phi) is 8.92. The zero-order valence-corrected chi connectivity index (χ0v) is 33.6. The van der Waals surface area contributed by atoms with Crippen LogP contribution < -0.4 is 4.90 Å². The summed E-state index contributed by atoms with van der Waals surface area (Å²) in [5.41, 5.74) is 15.1. The summed E-state index contributed by atoms with van der Waals surface area (Å²) in [4.78, 5) is 7.37. The highest BCUT2D eigenvalue weighted by atomic mass is 32.1. The first-order chi connectivity index (χ1) is 29.2. The van der Waals surface area contributed by atoms with Crippen molar-refractivity contribution in [3.63, 3.8) is 0 Å². The van der Waals surface area contributed by atoms with Crippen LogP contribution in [0.3, 0.4) is 0 Å². The van der Waals surface area contributed by atoms with Gasteiger partial charge < -0.3 is 4.90 Å². The van der Waals surface area contributed by atoms with Crippen LogP contribution in [0.2, 0.25) is 0 Å². The molecule has 0 aliphatic heterocycles. The number of fused-ring (bicyclic) bond motifs is 4. The van der Waals surface area contributed by atoms with Gasteiger partial charge in [0.25, 0.3) is 0 Å². The molecule has 2 heterocycles. The number of aromatic nitrogens is 1. The normalized spacial score (nSPS) is 11.4. The van der Waals surface area contributed by atoms with E-state index < -0.39 is 0 Å². The first-order valence-corrected chi connectivity index (χ1v) is 21.5. The molecule has 0 fully saturated rings. The Morgan fingerprint density at radius 1 is 0.288 bits per heavy atom. The molecule has 2 aromatic heterocycles. The van der Waals surface area contributed by atoms with Crippen LogP contribution in [0.1, 0.15) is 0 Å². The van der Waals surface area contributed by atoms with Crippen molar-refractivity contribution in [2.45, 2.75) is 0 Å². The highest BCUT2D eigenvalue weighted by Gasteiger charge is 2.16. The summed E-state index contributed by atoms with van der Waals surface area (Å²) >= 11 is 3.61. The van der Waals surface area contributed by atoms with Crippen LogP contribution in [0, 0.1) is 0 Å². The summed E-state index contributed by atoms with van der Waals surface area (Å²) in [6, 6.07) is 78.8. The van der Waals surface area contributed by atoms with Crippen molar-refractivity contribution in [3.8, 4) is 55.1 Å². The zero-order chi connectivity index (χ0) is 39.1. The van der Waals surface area contributed by atoms with Gasteiger partial charge in [0.05, 0.1) is 10.2 Å². The van der Waals surface area contributed by atoms with Crippen molar-refractivity contribution in [3.05, 3.63) is 218 Å². The molecule has 0 spiro atoms. The highest BCUT2D eigenvalue weighted by Crippen LogP contribution is 2.42. The third-order valence-corrected chi connectivity index (χ3v) is 13.3. The molecule has 0 unspecified atom stereocenters. The number of hydrogen-bond donors (Lipinski definition) is 0. The van der Waals surface area contributed by atoms with Crippen LogP contribution in [-0.4, -0.2) is 4.98 Å². The molecule has 0 atom stereocenters. The minimum atomic E-state index is 1.06. The second-order valence-corrected chi connectivity index (χ2v) is 16.9. The van der Waals surface area contributed by atoms with Gasteiger partial charge in [0.1, 0.15) is 5.01 Å². The Bertz CT molecular complexity index is 3220. The second kappa shape index (κ2) is 15.0. The van der Waals surface area contributed by atoms with Crippen LogP contribution >= 0.6 is 22.7 Å². The molecular weight excluding hydrogens is 753 g/mol. The van der Waals surface area contributed by atoms with Gasteiger partial charge in [-0.15, -0.1) is 22.7 Å². The lowest BCUT2D eigenvalue weighted by molar-refractivity contribution is 1.28. The standard InChI is InChI=1S/C55H36N2S2/c1-4-11-37(12-5-1)39-19-21-41(22-20-39)44-17-10-18-48(33-44)57(46-28-23-40(24-29-46)38-13-6-2-7-14-38)47-30-25-42(26-31-47)45-27-32-52-49(34-45)50-35-54-51(36-53(50)58-52)56-55(59-54)43-15-8-3-9-16-43/h1-36H. The van der Waals surface area contributed by atoms with Crippen molar-refractivity contribution in [2.75, 3.05) is 4.90 Å². The summed E-state index contributed by atoms with van der Waals surface area (Å²) < 4.78 is 3.78. The number of anilines is 3. The maximum Gasteiger partial charge on any atom is 0.124 e. The van der Waals surface area contributed by atoms with E-state index in [1.807, 2.05) is 11.3 Å². The fourth-order valence-corrected chi connectivity index (χ4v) is 10.2. The van der Waals surface area contributed by atoms with Crippen LogP contribution in [0.25, 0.3) is 85.5 Å². The molecule has 0 aliphatic carbocycles. The Morgan fingerprint density at radius 3 is 1.34 bits per heavy atom. The minimum Gasteiger partial charge on any atom is -0.310 e. The first-order valence-electron chi connectivity index (χ1n) is 19.8. The molecule has 278 valence electrons. The maximum absolute atomic E-state index is 5.01. The quantitative estimate of drug-likeness (QED) is 0.152. The van der Waals surface area contributed by atoms with Crippen LogP contribution in [0.4, 0.5) is 17.1 Å². The summed E-state index contributed by atoms with van der Waals surface area (Å²) in [5.74, 6) is 0. The molecule has 0 bridgehead atoms. The van der Waals surface area contributed by atoms with Crippen LogP contribution in [-0.2, 0) is 0 Å². The van der Waals surface area contributed by atoms with Gasteiger partial charge in [-0.2, -0.15) is 0 Å². The third-order valence-electron chi connectivity index (χ3n) is 11.1. The number of rotatable bonds is 8. The van der Waals surface area contributed by atoms with Gasteiger partial charge in [-0.3, -0.25) is 0 Å². The Hall–Kier alpha value is -7.11. The summed E-state index contributed by atoms with van der Waals surface area (Å²) in [6.45, 7) is 0. The number of benzene rings is 9. The molecule has 0 radical (unpaired) electrons. The number of hydrogen-bond acceptors (Lipinski definition) is 4. The topological polar surface area (TPSA) is 16.1 Å². The molecule has 2 nitrogen and oxygen atoms in total. The Labute approximate surface area is 351 Å². The fraction of sp³-hybridized carbons (Fsp3) is 0. The average Bonchev–Trinajstić information content (AvgIpc) is 3.90. The molecule has 0 saturated heterocycles. The molecule has 0 N–H and O–H groups in total. The van der Waals surface area contributed by atoms with Crippen molar-refractivity contribution < 1.29 is 0 Å². The van der Waals surface area contributed by atoms with E-state index in [0.717, 1.165) is 33.1 Å². The van der Waals surface area contributed by atoms with Gasteiger partial charge in [-0.05, 0) is 105 Å². The van der Waals surface area contributed by atoms with Gasteiger partial charge in [0, 0.05) is 42.8 Å². The molecule has 0 aliphatic rings. The summed E-state index contributed by atoms with van der Waals surface area (Å²) in [5, 5.41) is 3.64. The lowest BCUT2D eigenvalue weighted by Gasteiger charge is -2.26. The minimum absolute atomic E-state index is 1.06. The molecule has 0 saturated carbocycles. The predicted octanol–water partition coefficient (Wildman–Crippen LogP) is 16.5. The van der Waals surface area contributed by atoms with Crippen LogP contribution in [0.15, 0.2) is 218 Å². The van der Waals surface area contributed by atoms with E-state index >= 15 is 0 Å². The molecule has 59 heavy (non-hydrogen) atoms. The number of thiazole rings is 1. The average molecular weight is 789 g/mol. The molecule has 11 aromatic rings. The van der Waals surface area contributed by atoms with Crippen molar-refractivity contribution >= 4 is 70.1 Å². The van der Waals surface area contributed by atoms with Gasteiger partial charge in [0.2, 0.25) is 0 Å². The lowest BCUT2D eigenvalue weighted by atomic mass is 9.99. The molecule has 9 aromatic carbocycles. The lowest BCUT2D eigenvalue weighted by Crippen LogP contribution is -2.10. The zero-order valence-electron chi connectivity index (χ0n) is 32.0. The smallest absolute Gasteiger partial charge is 0.124 e. The molecular formula is C55H36N2S2. The third kappa shape index (κ3) is 6.79. The first kappa shape index (κ1) is 35.1. The second-order valence-electron chi connectivity index (χ2n) is 14.8. The van der Waals surface area contributed by atoms with E-state index in [4.69, 9.17) is 4.98 Å². The number of nitrogens with zero attached hydrogens (tertiary/aromatic N) is 2. The van der Waals surface area contributed by atoms with E-state index in [0.29, 0.717) is 0 Å². The largest absolute Gasteiger partial charge is 0.310 e. The fourth-order valence-electron chi connectivity index (χ4n) is 8.08. The van der Waals surface area contributed by atoms with Crippen molar-refractivity contribution in [1.29, 1.82) is 0 Å². The monoisotopic (exact) mass is 788 g/mol. The molecule has 0 amide bonds. The van der Waals surface area contributed by atoms with E-state index in [-0.39, 0.29) is 0 Å². The van der Waals surface area contributed by atoms with E-state index in [1.165, 1.54) is 69.4 Å². The predicted molar refractivity (Wildman–Crippen MR) is 254 cm³/mol. The SMILES string of the molecule is c1ccc(-c2ccc(-c3cccc(N(c4ccc(-c5ccccc5)cc4)c4ccc(-c5ccc6sc7cc8nc(-c9ccccc9)sc8cc7c6c5)cc4)c3)cc2)cc1. The molecule has 4 heteroatoms. The highest BCUT2D eigenvalue weighted by molar-refractivity contribution is 7.26. The van der Waals surface area contributed by atoms with Gasteiger partial charge in [-0.1, -0.05) is 158 Å². The Balaban J connectivity index is 0.949. The Morgan fingerprint density at radius 2 is 0.746 bits per heavy atom. The van der Waals surface area contributed by atoms with Crippen LogP contribution in [0.5, 0.6) is 0 Å². The van der Waals surface area contributed by atoms with Gasteiger partial charge >= 0.3 is 0 Å². The van der Waals surface area contributed by atoms with E-state index in [1.54, 1.807) is 11.3 Å². The van der Waals surface area contributed by atoms with Gasteiger partial charge in [0.15, 0.2) is 0 Å². The molecule has 11 rings (SSSR count).